The van der Waals surface area contributed by atoms with Crippen molar-refractivity contribution in [2.75, 3.05) is 11.9 Å². The number of aromatic nitrogens is 1. The van der Waals surface area contributed by atoms with Crippen LogP contribution in [-0.4, -0.2) is 11.2 Å². The number of ether oxygens (including phenoxy) is 1. The van der Waals surface area contributed by atoms with Gasteiger partial charge in [0.25, 0.3) is 0 Å². The molecule has 1 aromatic heterocycles. The molecule has 1 N–H and O–H groups in total. The lowest BCUT2D eigenvalue weighted by atomic mass is 10.3. The van der Waals surface area contributed by atoms with Crippen LogP contribution in [0.4, 0.5) is 5.69 Å². The van der Waals surface area contributed by atoms with E-state index in [4.69, 9.17) is 4.74 Å². The van der Waals surface area contributed by atoms with Gasteiger partial charge in [-0.05, 0) is 49.2 Å². The van der Waals surface area contributed by atoms with Gasteiger partial charge >= 0.3 is 0 Å². The third-order valence-electron chi connectivity index (χ3n) is 3.00. The molecule has 102 valence electrons. The smallest absolute Gasteiger partial charge is 0.119 e. The lowest BCUT2D eigenvalue weighted by Crippen LogP contribution is -1.99. The van der Waals surface area contributed by atoms with Crippen molar-refractivity contribution in [3.8, 4) is 5.75 Å². The van der Waals surface area contributed by atoms with Crippen molar-refractivity contribution in [1.29, 1.82) is 0 Å². The zero-order valence-electron chi connectivity index (χ0n) is 11.7. The van der Waals surface area contributed by atoms with Crippen LogP contribution in [-0.2, 0) is 13.1 Å². The van der Waals surface area contributed by atoms with Crippen LogP contribution in [0, 0.1) is 0 Å². The molecule has 2 rings (SSSR count). The Kier molecular flexibility index (Phi) is 4.90. The zero-order chi connectivity index (χ0) is 13.5. The molecule has 1 aromatic carbocycles. The van der Waals surface area contributed by atoms with E-state index in [1.807, 2.05) is 12.1 Å². The third-order valence-corrected chi connectivity index (χ3v) is 3.00. The average Bonchev–Trinajstić information content (AvgIpc) is 2.92. The van der Waals surface area contributed by atoms with Gasteiger partial charge in [-0.1, -0.05) is 6.92 Å². The molecule has 0 aliphatic heterocycles. The second kappa shape index (κ2) is 6.88. The standard InChI is InChI=1S/C16H22N2O/c1-3-11-19-16-7-5-15(6-8-16)17-12-14-9-10-18(4-2)13-14/h5-10,13,17H,3-4,11-12H2,1-2H3. The predicted octanol–water partition coefficient (Wildman–Crippen LogP) is 3.91. The van der Waals surface area contributed by atoms with Gasteiger partial charge in [0.2, 0.25) is 0 Å². The zero-order valence-corrected chi connectivity index (χ0v) is 11.7. The van der Waals surface area contributed by atoms with Crippen LogP contribution < -0.4 is 10.1 Å². The van der Waals surface area contributed by atoms with Gasteiger partial charge in [-0.25, -0.2) is 0 Å². The summed E-state index contributed by atoms with van der Waals surface area (Å²) >= 11 is 0. The first-order chi connectivity index (χ1) is 9.31. The predicted molar refractivity (Wildman–Crippen MR) is 79.7 cm³/mol. The maximum atomic E-state index is 5.56. The molecule has 0 aliphatic rings. The molecule has 0 fully saturated rings. The molecule has 3 nitrogen and oxygen atoms in total. The van der Waals surface area contributed by atoms with E-state index in [1.165, 1.54) is 5.56 Å². The van der Waals surface area contributed by atoms with Crippen LogP contribution in [0.3, 0.4) is 0 Å². The maximum absolute atomic E-state index is 5.56. The van der Waals surface area contributed by atoms with E-state index in [9.17, 15) is 0 Å². The third kappa shape index (κ3) is 4.05. The van der Waals surface area contributed by atoms with Gasteiger partial charge in [0.05, 0.1) is 6.61 Å². The Balaban J connectivity index is 1.85. The SMILES string of the molecule is CCCOc1ccc(NCc2ccn(CC)c2)cc1. The van der Waals surface area contributed by atoms with E-state index < -0.39 is 0 Å². The second-order valence-electron chi connectivity index (χ2n) is 4.58. The summed E-state index contributed by atoms with van der Waals surface area (Å²) in [7, 11) is 0. The minimum absolute atomic E-state index is 0.775. The Morgan fingerprint density at radius 3 is 2.53 bits per heavy atom. The normalized spacial score (nSPS) is 10.4. The largest absolute Gasteiger partial charge is 0.494 e. The quantitative estimate of drug-likeness (QED) is 0.815. The first-order valence-electron chi connectivity index (χ1n) is 6.93. The van der Waals surface area contributed by atoms with Gasteiger partial charge in [0, 0.05) is 31.2 Å². The number of hydrogen-bond donors (Lipinski definition) is 1. The molecule has 3 heteroatoms. The van der Waals surface area contributed by atoms with Crippen LogP contribution >= 0.6 is 0 Å². The molecular formula is C16H22N2O. The van der Waals surface area contributed by atoms with Gasteiger partial charge in [0.1, 0.15) is 5.75 Å². The molecule has 0 amide bonds. The highest BCUT2D eigenvalue weighted by molar-refractivity contribution is 5.46. The van der Waals surface area contributed by atoms with Crippen LogP contribution in [0.5, 0.6) is 5.75 Å². The summed E-state index contributed by atoms with van der Waals surface area (Å²) in [6.07, 6.45) is 5.32. The van der Waals surface area contributed by atoms with Crippen LogP contribution in [0.25, 0.3) is 0 Å². The van der Waals surface area contributed by atoms with Gasteiger partial charge in [-0.15, -0.1) is 0 Å². The van der Waals surface area contributed by atoms with Crippen LogP contribution in [0.1, 0.15) is 25.8 Å². The number of hydrogen-bond acceptors (Lipinski definition) is 2. The van der Waals surface area contributed by atoms with E-state index in [0.717, 1.165) is 37.6 Å². The van der Waals surface area contributed by atoms with Crippen LogP contribution in [0.15, 0.2) is 42.7 Å². The molecule has 0 unspecified atom stereocenters. The van der Waals surface area contributed by atoms with Crippen molar-refractivity contribution < 1.29 is 4.74 Å². The molecule has 1 heterocycles. The number of anilines is 1. The van der Waals surface area contributed by atoms with Gasteiger partial charge in [-0.3, -0.25) is 0 Å². The van der Waals surface area contributed by atoms with Crippen molar-refractivity contribution in [3.63, 3.8) is 0 Å². The first-order valence-corrected chi connectivity index (χ1v) is 6.93. The Labute approximate surface area is 115 Å². The lowest BCUT2D eigenvalue weighted by Gasteiger charge is -2.07. The molecule has 0 bridgehead atoms. The molecule has 0 radical (unpaired) electrons. The van der Waals surface area contributed by atoms with Gasteiger partial charge in [-0.2, -0.15) is 0 Å². The topological polar surface area (TPSA) is 26.2 Å². The number of rotatable bonds is 7. The summed E-state index contributed by atoms with van der Waals surface area (Å²) in [5.74, 6) is 0.935. The molecule has 0 aliphatic carbocycles. The second-order valence-corrected chi connectivity index (χ2v) is 4.58. The van der Waals surface area contributed by atoms with E-state index in [-0.39, 0.29) is 0 Å². The fourth-order valence-electron chi connectivity index (χ4n) is 1.88. The van der Waals surface area contributed by atoms with Crippen molar-refractivity contribution in [3.05, 3.63) is 48.3 Å². The highest BCUT2D eigenvalue weighted by atomic mass is 16.5. The summed E-state index contributed by atoms with van der Waals surface area (Å²) in [6.45, 7) is 6.90. The monoisotopic (exact) mass is 258 g/mol. The van der Waals surface area contributed by atoms with E-state index in [2.05, 4.69) is 54.3 Å². The van der Waals surface area contributed by atoms with Gasteiger partial charge < -0.3 is 14.6 Å². The Morgan fingerprint density at radius 1 is 1.11 bits per heavy atom. The van der Waals surface area contributed by atoms with Crippen molar-refractivity contribution in [2.45, 2.75) is 33.4 Å². The Bertz CT molecular complexity index is 488. The van der Waals surface area contributed by atoms with Crippen LogP contribution in [0.2, 0.25) is 0 Å². The number of nitrogens with zero attached hydrogens (tertiary/aromatic N) is 1. The highest BCUT2D eigenvalue weighted by Crippen LogP contribution is 2.16. The molecule has 0 spiro atoms. The summed E-state index contributed by atoms with van der Waals surface area (Å²) in [4.78, 5) is 0. The fourth-order valence-corrected chi connectivity index (χ4v) is 1.88. The fraction of sp³-hybridized carbons (Fsp3) is 0.375. The summed E-state index contributed by atoms with van der Waals surface area (Å²) in [5, 5.41) is 3.41. The average molecular weight is 258 g/mol. The number of benzene rings is 1. The van der Waals surface area contributed by atoms with E-state index >= 15 is 0 Å². The molecule has 2 aromatic rings. The minimum Gasteiger partial charge on any atom is -0.494 e. The van der Waals surface area contributed by atoms with Crippen molar-refractivity contribution in [2.24, 2.45) is 0 Å². The van der Waals surface area contributed by atoms with Crippen molar-refractivity contribution in [1.82, 2.24) is 4.57 Å². The molecular weight excluding hydrogens is 236 g/mol. The lowest BCUT2D eigenvalue weighted by molar-refractivity contribution is 0.317. The first kappa shape index (κ1) is 13.5. The Hall–Kier alpha value is -1.90. The van der Waals surface area contributed by atoms with Gasteiger partial charge in [0.15, 0.2) is 0 Å². The molecule has 19 heavy (non-hydrogen) atoms. The summed E-state index contributed by atoms with van der Waals surface area (Å²) < 4.78 is 7.74. The minimum atomic E-state index is 0.775. The Morgan fingerprint density at radius 2 is 1.89 bits per heavy atom. The molecule has 0 saturated carbocycles. The van der Waals surface area contributed by atoms with E-state index in [1.54, 1.807) is 0 Å². The summed E-state index contributed by atoms with van der Waals surface area (Å²) in [5.41, 5.74) is 2.42. The number of aryl methyl sites for hydroxylation is 1. The van der Waals surface area contributed by atoms with Crippen molar-refractivity contribution >= 4 is 5.69 Å². The highest BCUT2D eigenvalue weighted by Gasteiger charge is 1.97. The van der Waals surface area contributed by atoms with E-state index in [0.29, 0.717) is 0 Å². The number of nitrogens with one attached hydrogen (secondary N) is 1. The molecule has 0 atom stereocenters. The summed E-state index contributed by atoms with van der Waals surface area (Å²) in [6, 6.07) is 10.3. The molecule has 0 saturated heterocycles. The maximum Gasteiger partial charge on any atom is 0.119 e.